The van der Waals surface area contributed by atoms with Crippen molar-refractivity contribution in [1.82, 2.24) is 4.98 Å². The van der Waals surface area contributed by atoms with Crippen LogP contribution in [0, 0.1) is 5.92 Å². The zero-order chi connectivity index (χ0) is 13.1. The Labute approximate surface area is 118 Å². The molecule has 2 heterocycles. The second kappa shape index (κ2) is 5.93. The van der Waals surface area contributed by atoms with E-state index < -0.39 is 0 Å². The van der Waals surface area contributed by atoms with E-state index in [0.717, 1.165) is 12.3 Å². The van der Waals surface area contributed by atoms with Crippen LogP contribution in [-0.2, 0) is 0 Å². The zero-order valence-electron chi connectivity index (χ0n) is 11.1. The Hall–Kier alpha value is -1.06. The number of fused-ring (bicyclic) bond motifs is 1. The average molecular weight is 272 g/mol. The van der Waals surface area contributed by atoms with Crippen LogP contribution in [-0.4, -0.2) is 16.5 Å². The number of nitrogens with two attached hydrogens (primary N) is 1. The number of rotatable bonds is 3. The van der Waals surface area contributed by atoms with E-state index in [1.807, 2.05) is 12.4 Å². The maximum Gasteiger partial charge on any atom is 0.0346 e. The van der Waals surface area contributed by atoms with E-state index in [1.165, 1.54) is 40.7 Å². The van der Waals surface area contributed by atoms with Gasteiger partial charge in [-0.1, -0.05) is 18.2 Å². The third kappa shape index (κ3) is 2.93. The molecule has 3 rings (SSSR count). The molecule has 0 amide bonds. The lowest BCUT2D eigenvalue weighted by atomic mass is 9.89. The smallest absolute Gasteiger partial charge is 0.0346 e. The largest absolute Gasteiger partial charge is 0.324 e. The molecule has 1 fully saturated rings. The monoisotopic (exact) mass is 272 g/mol. The van der Waals surface area contributed by atoms with Crippen molar-refractivity contribution >= 4 is 22.5 Å². The van der Waals surface area contributed by atoms with Crippen molar-refractivity contribution in [2.45, 2.75) is 25.3 Å². The first-order valence-corrected chi connectivity index (χ1v) is 8.16. The van der Waals surface area contributed by atoms with E-state index in [-0.39, 0.29) is 6.04 Å². The quantitative estimate of drug-likeness (QED) is 0.924. The number of pyridine rings is 1. The van der Waals surface area contributed by atoms with Crippen LogP contribution in [0.3, 0.4) is 0 Å². The molecule has 1 aliphatic rings. The van der Waals surface area contributed by atoms with Gasteiger partial charge in [0.1, 0.15) is 0 Å². The predicted molar refractivity (Wildman–Crippen MR) is 83.3 cm³/mol. The van der Waals surface area contributed by atoms with Gasteiger partial charge >= 0.3 is 0 Å². The Balaban J connectivity index is 1.82. The molecule has 0 spiro atoms. The van der Waals surface area contributed by atoms with Crippen LogP contribution in [0.15, 0.2) is 36.7 Å². The molecule has 2 N–H and O–H groups in total. The Bertz CT molecular complexity index is 544. The van der Waals surface area contributed by atoms with Crippen molar-refractivity contribution in [3.05, 3.63) is 42.2 Å². The Kier molecular flexibility index (Phi) is 4.04. The van der Waals surface area contributed by atoms with Crippen molar-refractivity contribution in [2.75, 3.05) is 11.5 Å². The lowest BCUT2D eigenvalue weighted by Crippen LogP contribution is -2.19. The summed E-state index contributed by atoms with van der Waals surface area (Å²) < 4.78 is 0. The highest BCUT2D eigenvalue weighted by molar-refractivity contribution is 7.99. The SMILES string of the molecule is NC(CC1CCSCC1)c1cccc2cnccc12. The topological polar surface area (TPSA) is 38.9 Å². The van der Waals surface area contributed by atoms with Crippen molar-refractivity contribution in [3.63, 3.8) is 0 Å². The molecule has 2 aromatic rings. The van der Waals surface area contributed by atoms with Gasteiger partial charge in [0.25, 0.3) is 0 Å². The molecule has 1 aliphatic heterocycles. The highest BCUT2D eigenvalue weighted by atomic mass is 32.2. The van der Waals surface area contributed by atoms with Gasteiger partial charge in [0.05, 0.1) is 0 Å². The Morgan fingerprint density at radius 1 is 1.26 bits per heavy atom. The molecule has 0 aliphatic carbocycles. The minimum absolute atomic E-state index is 0.152. The van der Waals surface area contributed by atoms with Crippen LogP contribution >= 0.6 is 11.8 Å². The van der Waals surface area contributed by atoms with Gasteiger partial charge < -0.3 is 5.73 Å². The summed E-state index contributed by atoms with van der Waals surface area (Å²) in [5.41, 5.74) is 7.74. The van der Waals surface area contributed by atoms with Crippen LogP contribution in [0.1, 0.15) is 30.9 Å². The highest BCUT2D eigenvalue weighted by Crippen LogP contribution is 2.32. The van der Waals surface area contributed by atoms with Crippen molar-refractivity contribution in [3.8, 4) is 0 Å². The summed E-state index contributed by atoms with van der Waals surface area (Å²) in [5.74, 6) is 3.40. The first-order chi connectivity index (χ1) is 9.34. The summed E-state index contributed by atoms with van der Waals surface area (Å²) in [7, 11) is 0. The fourth-order valence-corrected chi connectivity index (χ4v) is 4.14. The van der Waals surface area contributed by atoms with Gasteiger partial charge in [-0.05, 0) is 53.7 Å². The summed E-state index contributed by atoms with van der Waals surface area (Å²) >= 11 is 2.08. The molecule has 19 heavy (non-hydrogen) atoms. The van der Waals surface area contributed by atoms with Gasteiger partial charge in [-0.2, -0.15) is 11.8 Å². The molecule has 1 aromatic heterocycles. The van der Waals surface area contributed by atoms with Gasteiger partial charge in [-0.15, -0.1) is 0 Å². The van der Waals surface area contributed by atoms with Gasteiger partial charge in [0.15, 0.2) is 0 Å². The van der Waals surface area contributed by atoms with Crippen LogP contribution in [0.4, 0.5) is 0 Å². The number of thioether (sulfide) groups is 1. The second-order valence-electron chi connectivity index (χ2n) is 5.34. The second-order valence-corrected chi connectivity index (χ2v) is 6.57. The van der Waals surface area contributed by atoms with E-state index in [1.54, 1.807) is 0 Å². The Morgan fingerprint density at radius 3 is 2.95 bits per heavy atom. The summed E-state index contributed by atoms with van der Waals surface area (Å²) in [6, 6.07) is 8.61. The van der Waals surface area contributed by atoms with E-state index >= 15 is 0 Å². The van der Waals surface area contributed by atoms with E-state index in [9.17, 15) is 0 Å². The number of nitrogens with zero attached hydrogens (tertiary/aromatic N) is 1. The van der Waals surface area contributed by atoms with Crippen LogP contribution < -0.4 is 5.73 Å². The van der Waals surface area contributed by atoms with Gasteiger partial charge in [-0.25, -0.2) is 0 Å². The third-order valence-corrected chi connectivity index (χ3v) is 5.09. The molecule has 100 valence electrons. The number of hydrogen-bond donors (Lipinski definition) is 1. The van der Waals surface area contributed by atoms with E-state index in [2.05, 4.69) is 41.0 Å². The van der Waals surface area contributed by atoms with Gasteiger partial charge in [0.2, 0.25) is 0 Å². The van der Waals surface area contributed by atoms with Crippen LogP contribution in [0.25, 0.3) is 10.8 Å². The molecule has 0 radical (unpaired) electrons. The summed E-state index contributed by atoms with van der Waals surface area (Å²) in [4.78, 5) is 4.19. The molecular weight excluding hydrogens is 252 g/mol. The highest BCUT2D eigenvalue weighted by Gasteiger charge is 2.19. The molecule has 0 bridgehead atoms. The average Bonchev–Trinajstić information content (AvgIpc) is 2.47. The number of aromatic nitrogens is 1. The van der Waals surface area contributed by atoms with Crippen LogP contribution in [0.2, 0.25) is 0 Å². The number of hydrogen-bond acceptors (Lipinski definition) is 3. The van der Waals surface area contributed by atoms with Crippen molar-refractivity contribution in [2.24, 2.45) is 11.7 Å². The lowest BCUT2D eigenvalue weighted by Gasteiger charge is -2.25. The van der Waals surface area contributed by atoms with E-state index in [4.69, 9.17) is 5.73 Å². The fourth-order valence-electron chi connectivity index (χ4n) is 2.94. The van der Waals surface area contributed by atoms with Crippen LogP contribution in [0.5, 0.6) is 0 Å². The first kappa shape index (κ1) is 12.9. The lowest BCUT2D eigenvalue weighted by molar-refractivity contribution is 0.414. The first-order valence-electron chi connectivity index (χ1n) is 7.00. The maximum atomic E-state index is 6.46. The molecular formula is C16H20N2S. The maximum absolute atomic E-state index is 6.46. The number of benzene rings is 1. The van der Waals surface area contributed by atoms with Gasteiger partial charge in [0, 0.05) is 23.8 Å². The van der Waals surface area contributed by atoms with Crippen molar-refractivity contribution < 1.29 is 0 Å². The molecule has 1 aromatic carbocycles. The summed E-state index contributed by atoms with van der Waals surface area (Å²) in [5, 5.41) is 2.45. The minimum atomic E-state index is 0.152. The minimum Gasteiger partial charge on any atom is -0.324 e. The van der Waals surface area contributed by atoms with Crippen molar-refractivity contribution in [1.29, 1.82) is 0 Å². The van der Waals surface area contributed by atoms with Gasteiger partial charge in [-0.3, -0.25) is 4.98 Å². The normalized spacial score (nSPS) is 18.6. The summed E-state index contributed by atoms with van der Waals surface area (Å²) in [6.45, 7) is 0. The molecule has 1 atom stereocenters. The fraction of sp³-hybridized carbons (Fsp3) is 0.438. The molecule has 2 nitrogen and oxygen atoms in total. The molecule has 0 saturated carbocycles. The predicted octanol–water partition coefficient (Wildman–Crippen LogP) is 3.77. The standard InChI is InChI=1S/C16H20N2S/c17-16(10-12-5-8-19-9-6-12)15-3-1-2-13-11-18-7-4-14(13)15/h1-4,7,11-12,16H,5-6,8-10,17H2. The molecule has 1 saturated heterocycles. The van der Waals surface area contributed by atoms with E-state index in [0.29, 0.717) is 0 Å². The zero-order valence-corrected chi connectivity index (χ0v) is 11.9. The molecule has 1 unspecified atom stereocenters. The summed E-state index contributed by atoms with van der Waals surface area (Å²) in [6.07, 6.45) is 7.54. The third-order valence-electron chi connectivity index (χ3n) is 4.04. The molecule has 3 heteroatoms. The Morgan fingerprint density at radius 2 is 2.11 bits per heavy atom.